The minimum Gasteiger partial charge on any atom is -0.322 e. The number of carbonyl (C=O) groups excluding carboxylic acids is 1. The second kappa shape index (κ2) is 9.11. The summed E-state index contributed by atoms with van der Waals surface area (Å²) in [6.45, 7) is 9.63. The third-order valence-corrected chi connectivity index (χ3v) is 5.31. The van der Waals surface area contributed by atoms with Crippen LogP contribution in [-0.2, 0) is 6.54 Å². The van der Waals surface area contributed by atoms with Crippen molar-refractivity contribution in [2.75, 3.05) is 38.0 Å². The van der Waals surface area contributed by atoms with Gasteiger partial charge in [-0.25, -0.2) is 4.39 Å². The van der Waals surface area contributed by atoms with Crippen molar-refractivity contribution in [2.45, 2.75) is 20.4 Å². The number of anilines is 1. The molecule has 0 saturated carbocycles. The number of hydrogen-bond donors (Lipinski definition) is 1. The van der Waals surface area contributed by atoms with Crippen LogP contribution in [0.1, 0.15) is 28.4 Å². The van der Waals surface area contributed by atoms with Crippen LogP contribution in [0.2, 0.25) is 0 Å². The number of piperazine rings is 1. The van der Waals surface area contributed by atoms with Gasteiger partial charge in [0.2, 0.25) is 0 Å². The van der Waals surface area contributed by atoms with Gasteiger partial charge in [-0.1, -0.05) is 19.1 Å². The minimum atomic E-state index is -0.775. The highest BCUT2D eigenvalue weighted by molar-refractivity contribution is 6.04. The summed E-state index contributed by atoms with van der Waals surface area (Å²) in [5.74, 6) is -1.36. The molecule has 154 valence electrons. The largest absolute Gasteiger partial charge is 0.322 e. The number of nitrogens with zero attached hydrogens (tertiary/aromatic N) is 3. The standard InChI is InChI=1S/C21H25FN4O3/c1-3-24-8-10-25(11-9-24)14-16-4-6-18(7-5-16)23-21(27)17-12-19(22)15(2)20(13-17)26(28)29/h4-7,12-13H,3,8-11,14H2,1-2H3,(H,23,27). The first kappa shape index (κ1) is 20.9. The van der Waals surface area contributed by atoms with Crippen molar-refractivity contribution in [1.29, 1.82) is 0 Å². The van der Waals surface area contributed by atoms with E-state index in [9.17, 15) is 19.3 Å². The molecule has 7 nitrogen and oxygen atoms in total. The minimum absolute atomic E-state index is 0.0855. The van der Waals surface area contributed by atoms with Gasteiger partial charge in [-0.15, -0.1) is 0 Å². The van der Waals surface area contributed by atoms with Crippen molar-refractivity contribution in [3.63, 3.8) is 0 Å². The highest BCUT2D eigenvalue weighted by atomic mass is 19.1. The topological polar surface area (TPSA) is 78.7 Å². The Bertz CT molecular complexity index is 894. The molecule has 0 bridgehead atoms. The van der Waals surface area contributed by atoms with Crippen molar-refractivity contribution >= 4 is 17.3 Å². The van der Waals surface area contributed by atoms with Gasteiger partial charge in [-0.3, -0.25) is 19.8 Å². The molecule has 0 aliphatic carbocycles. The van der Waals surface area contributed by atoms with Gasteiger partial charge in [0, 0.05) is 50.0 Å². The van der Waals surface area contributed by atoms with Gasteiger partial charge in [0.05, 0.1) is 10.5 Å². The van der Waals surface area contributed by atoms with E-state index in [1.165, 1.54) is 6.92 Å². The molecule has 8 heteroatoms. The molecular weight excluding hydrogens is 375 g/mol. The molecule has 1 aliphatic rings. The molecule has 0 radical (unpaired) electrons. The van der Waals surface area contributed by atoms with Gasteiger partial charge in [0.25, 0.3) is 11.6 Å². The van der Waals surface area contributed by atoms with Crippen LogP contribution in [0.4, 0.5) is 15.8 Å². The number of benzene rings is 2. The molecule has 0 unspecified atom stereocenters. The highest BCUT2D eigenvalue weighted by Gasteiger charge is 2.20. The van der Waals surface area contributed by atoms with E-state index >= 15 is 0 Å². The number of halogens is 1. The van der Waals surface area contributed by atoms with E-state index in [0.29, 0.717) is 5.69 Å². The van der Waals surface area contributed by atoms with Gasteiger partial charge in [0.15, 0.2) is 0 Å². The smallest absolute Gasteiger partial charge is 0.276 e. The average molecular weight is 400 g/mol. The van der Waals surface area contributed by atoms with Crippen molar-refractivity contribution in [3.05, 3.63) is 69.0 Å². The zero-order chi connectivity index (χ0) is 21.0. The van der Waals surface area contributed by atoms with Crippen molar-refractivity contribution < 1.29 is 14.1 Å². The summed E-state index contributed by atoms with van der Waals surface area (Å²) in [7, 11) is 0. The fourth-order valence-corrected chi connectivity index (χ4v) is 3.40. The molecule has 2 aromatic rings. The van der Waals surface area contributed by atoms with Crippen LogP contribution in [0.25, 0.3) is 0 Å². The van der Waals surface area contributed by atoms with E-state index in [-0.39, 0.29) is 11.1 Å². The fourth-order valence-electron chi connectivity index (χ4n) is 3.40. The normalized spacial score (nSPS) is 15.3. The maximum atomic E-state index is 13.9. The molecule has 1 N–H and O–H groups in total. The van der Waals surface area contributed by atoms with E-state index in [0.717, 1.165) is 57.0 Å². The lowest BCUT2D eigenvalue weighted by Gasteiger charge is -2.34. The van der Waals surface area contributed by atoms with Gasteiger partial charge >= 0.3 is 0 Å². The van der Waals surface area contributed by atoms with Gasteiger partial charge < -0.3 is 10.2 Å². The summed E-state index contributed by atoms with van der Waals surface area (Å²) in [5.41, 5.74) is 1.12. The Balaban J connectivity index is 1.62. The average Bonchev–Trinajstić information content (AvgIpc) is 2.71. The van der Waals surface area contributed by atoms with Gasteiger partial charge in [0.1, 0.15) is 5.82 Å². The quantitative estimate of drug-likeness (QED) is 0.594. The first-order valence-electron chi connectivity index (χ1n) is 9.67. The van der Waals surface area contributed by atoms with E-state index in [1.54, 1.807) is 12.1 Å². The van der Waals surface area contributed by atoms with Crippen molar-refractivity contribution in [2.24, 2.45) is 0 Å². The predicted octanol–water partition coefficient (Wildman–Crippen LogP) is 3.43. The van der Waals surface area contributed by atoms with E-state index in [4.69, 9.17) is 0 Å². The van der Waals surface area contributed by atoms with Gasteiger partial charge in [-0.2, -0.15) is 0 Å². The molecule has 0 atom stereocenters. The van der Waals surface area contributed by atoms with Crippen LogP contribution >= 0.6 is 0 Å². The molecule has 0 spiro atoms. The van der Waals surface area contributed by atoms with Crippen LogP contribution in [0.5, 0.6) is 0 Å². The Labute approximate surface area is 169 Å². The van der Waals surface area contributed by atoms with Crippen molar-refractivity contribution in [1.82, 2.24) is 9.80 Å². The Morgan fingerprint density at radius 2 is 1.76 bits per heavy atom. The molecule has 1 saturated heterocycles. The van der Waals surface area contributed by atoms with Gasteiger partial charge in [-0.05, 0) is 37.2 Å². The van der Waals surface area contributed by atoms with Crippen LogP contribution in [0.15, 0.2) is 36.4 Å². The molecule has 1 fully saturated rings. The number of nitrogens with one attached hydrogen (secondary N) is 1. The number of hydrogen-bond acceptors (Lipinski definition) is 5. The second-order valence-electron chi connectivity index (χ2n) is 7.22. The molecule has 1 amide bonds. The third-order valence-electron chi connectivity index (χ3n) is 5.31. The first-order chi connectivity index (χ1) is 13.9. The Morgan fingerprint density at radius 1 is 1.14 bits per heavy atom. The highest BCUT2D eigenvalue weighted by Crippen LogP contribution is 2.23. The molecule has 29 heavy (non-hydrogen) atoms. The van der Waals surface area contributed by atoms with Crippen LogP contribution in [0.3, 0.4) is 0 Å². The Kier molecular flexibility index (Phi) is 6.56. The fraction of sp³-hybridized carbons (Fsp3) is 0.381. The maximum Gasteiger partial charge on any atom is 0.276 e. The number of rotatable bonds is 6. The van der Waals surface area contributed by atoms with E-state index < -0.39 is 22.3 Å². The molecule has 0 aromatic heterocycles. The SMILES string of the molecule is CCN1CCN(Cc2ccc(NC(=O)c3cc(F)c(C)c([N+](=O)[O-])c3)cc2)CC1. The lowest BCUT2D eigenvalue weighted by Crippen LogP contribution is -2.45. The van der Waals surface area contributed by atoms with Crippen LogP contribution in [-0.4, -0.2) is 53.4 Å². The van der Waals surface area contributed by atoms with Crippen LogP contribution < -0.4 is 5.32 Å². The number of nitro benzene ring substituents is 1. The lowest BCUT2D eigenvalue weighted by atomic mass is 10.1. The zero-order valence-electron chi connectivity index (χ0n) is 16.7. The number of carbonyl (C=O) groups is 1. The third kappa shape index (κ3) is 5.16. The summed E-state index contributed by atoms with van der Waals surface area (Å²) >= 11 is 0. The van der Waals surface area contributed by atoms with Crippen molar-refractivity contribution in [3.8, 4) is 0 Å². The molecule has 1 aliphatic heterocycles. The monoisotopic (exact) mass is 400 g/mol. The zero-order valence-corrected chi connectivity index (χ0v) is 16.7. The van der Waals surface area contributed by atoms with E-state index in [2.05, 4.69) is 22.0 Å². The Hall–Kier alpha value is -2.84. The second-order valence-corrected chi connectivity index (χ2v) is 7.22. The molecule has 3 rings (SSSR count). The Morgan fingerprint density at radius 3 is 2.34 bits per heavy atom. The number of likely N-dealkylation sites (N-methyl/N-ethyl adjacent to an activating group) is 1. The van der Waals surface area contributed by atoms with Crippen LogP contribution in [0, 0.1) is 22.9 Å². The lowest BCUT2D eigenvalue weighted by molar-refractivity contribution is -0.385. The molecule has 2 aromatic carbocycles. The summed E-state index contributed by atoms with van der Waals surface area (Å²) in [4.78, 5) is 27.6. The molecular formula is C21H25FN4O3. The first-order valence-corrected chi connectivity index (χ1v) is 9.67. The number of nitro groups is 1. The predicted molar refractivity (Wildman–Crippen MR) is 110 cm³/mol. The summed E-state index contributed by atoms with van der Waals surface area (Å²) in [6, 6.07) is 9.57. The molecule has 1 heterocycles. The summed E-state index contributed by atoms with van der Waals surface area (Å²) in [6.07, 6.45) is 0. The summed E-state index contributed by atoms with van der Waals surface area (Å²) < 4.78 is 13.9. The summed E-state index contributed by atoms with van der Waals surface area (Å²) in [5, 5.41) is 13.7. The maximum absolute atomic E-state index is 13.9. The van der Waals surface area contributed by atoms with E-state index in [1.807, 2.05) is 12.1 Å². The number of amides is 1.